The summed E-state index contributed by atoms with van der Waals surface area (Å²) in [6.07, 6.45) is 3.85. The molecule has 13 nitrogen and oxygen atoms in total. The third kappa shape index (κ3) is 6.79. The first-order chi connectivity index (χ1) is 25.6. The standard InChI is InChI=1S/C23H23FN4O3.C17H13FN2O3.H3N/c1-22(2)21(30)25-10-11-28(22)20(29)16-12-15-17(31-16)18(23(3)8-9-23)27-19(26-15)13-4-6-14(24)7-5-13;1-17(6-7-17)14-13-11(8-12(23-13)16(21)22)19-15(20-14)9-2-4-10(18)5-3-9;/h4-7,12H,8-11H2,1-3H3,(H,25,30);2-5,8H,6-7H2,1H3,(H,21,22);1H3. The summed E-state index contributed by atoms with van der Waals surface area (Å²) in [7, 11) is 0. The zero-order chi connectivity index (χ0) is 38.2. The van der Waals surface area contributed by atoms with E-state index in [-0.39, 0.29) is 51.9 Å². The van der Waals surface area contributed by atoms with Crippen molar-refractivity contribution in [3.8, 4) is 22.8 Å². The molecule has 0 bridgehead atoms. The lowest BCUT2D eigenvalue weighted by molar-refractivity contribution is -0.133. The summed E-state index contributed by atoms with van der Waals surface area (Å²) < 4.78 is 37.9. The predicted molar refractivity (Wildman–Crippen MR) is 198 cm³/mol. The predicted octanol–water partition coefficient (Wildman–Crippen LogP) is 7.37. The normalized spacial score (nSPS) is 17.5. The Labute approximate surface area is 313 Å². The van der Waals surface area contributed by atoms with Crippen molar-refractivity contribution >= 4 is 40.0 Å². The molecule has 55 heavy (non-hydrogen) atoms. The SMILES string of the molecule is CC1(c2nc(-c3ccc(F)cc3)nc3cc(C(=O)N4CCNC(=O)C4(C)C)oc23)CC1.CC1(c2nc(-c3ccc(F)cc3)nc3cc(C(=O)O)oc23)CC1.N. The van der Waals surface area contributed by atoms with E-state index in [1.54, 1.807) is 44.2 Å². The Bertz CT molecular complexity index is 2490. The van der Waals surface area contributed by atoms with E-state index in [9.17, 15) is 23.2 Å². The van der Waals surface area contributed by atoms with Crippen LogP contribution in [0.4, 0.5) is 8.78 Å². The van der Waals surface area contributed by atoms with Crippen molar-refractivity contribution < 1.29 is 37.1 Å². The van der Waals surface area contributed by atoms with Crippen molar-refractivity contribution in [2.45, 2.75) is 69.7 Å². The summed E-state index contributed by atoms with van der Waals surface area (Å²) in [6, 6.07) is 14.9. The van der Waals surface area contributed by atoms with Gasteiger partial charge in [0.15, 0.2) is 28.6 Å². The van der Waals surface area contributed by atoms with Crippen LogP contribution in [-0.2, 0) is 15.6 Å². The number of hydrogen-bond donors (Lipinski definition) is 3. The maximum atomic E-state index is 13.4. The molecule has 0 radical (unpaired) electrons. The maximum absolute atomic E-state index is 13.4. The molecule has 2 amide bonds. The number of carboxylic acids is 1. The molecule has 2 saturated carbocycles. The number of nitrogens with zero attached hydrogens (tertiary/aromatic N) is 5. The molecule has 3 aliphatic rings. The number of benzene rings is 2. The highest BCUT2D eigenvalue weighted by molar-refractivity contribution is 6.00. The number of piperazine rings is 1. The van der Waals surface area contributed by atoms with Crippen molar-refractivity contribution in [3.05, 3.63) is 95.2 Å². The van der Waals surface area contributed by atoms with Gasteiger partial charge in [-0.2, -0.15) is 0 Å². The van der Waals surface area contributed by atoms with Crippen LogP contribution in [0, 0.1) is 11.6 Å². The second-order valence-electron chi connectivity index (χ2n) is 15.2. The summed E-state index contributed by atoms with van der Waals surface area (Å²) in [5.41, 5.74) is 3.50. The van der Waals surface area contributed by atoms with Gasteiger partial charge in [-0.25, -0.2) is 33.5 Å². The number of rotatable bonds is 6. The van der Waals surface area contributed by atoms with Gasteiger partial charge in [0, 0.05) is 47.2 Å². The quantitative estimate of drug-likeness (QED) is 0.153. The van der Waals surface area contributed by atoms with E-state index in [0.717, 1.165) is 31.4 Å². The Morgan fingerprint density at radius 2 is 1.16 bits per heavy atom. The maximum Gasteiger partial charge on any atom is 0.371 e. The second kappa shape index (κ2) is 13.3. The van der Waals surface area contributed by atoms with Gasteiger partial charge in [0.25, 0.3) is 5.91 Å². The van der Waals surface area contributed by atoms with Crippen LogP contribution < -0.4 is 11.5 Å². The van der Waals surface area contributed by atoms with E-state index in [2.05, 4.69) is 34.1 Å². The Hall–Kier alpha value is -6.09. The first kappa shape index (κ1) is 37.2. The molecule has 0 unspecified atom stereocenters. The largest absolute Gasteiger partial charge is 0.475 e. The summed E-state index contributed by atoms with van der Waals surface area (Å²) >= 11 is 0. The average Bonchev–Trinajstić information content (AvgIpc) is 3.96. The van der Waals surface area contributed by atoms with Crippen molar-refractivity contribution in [3.63, 3.8) is 0 Å². The number of aromatic nitrogens is 4. The van der Waals surface area contributed by atoms with Crippen LogP contribution in [0.25, 0.3) is 45.0 Å². The van der Waals surface area contributed by atoms with Gasteiger partial charge in [0.05, 0.1) is 11.4 Å². The fourth-order valence-electron chi connectivity index (χ4n) is 6.58. The molecule has 0 atom stereocenters. The Morgan fingerprint density at radius 3 is 1.60 bits per heavy atom. The van der Waals surface area contributed by atoms with E-state index in [1.165, 1.54) is 35.2 Å². The molecule has 284 valence electrons. The highest BCUT2D eigenvalue weighted by Crippen LogP contribution is 2.50. The van der Waals surface area contributed by atoms with Gasteiger partial charge < -0.3 is 30.3 Å². The molecule has 1 saturated heterocycles. The number of aromatic carboxylic acids is 1. The van der Waals surface area contributed by atoms with Gasteiger partial charge in [-0.3, -0.25) is 9.59 Å². The van der Waals surface area contributed by atoms with Crippen LogP contribution in [0.2, 0.25) is 0 Å². The fraction of sp³-hybridized carbons (Fsp3) is 0.325. The number of carbonyl (C=O) groups excluding carboxylic acids is 2. The van der Waals surface area contributed by atoms with Crippen LogP contribution in [-0.4, -0.2) is 66.4 Å². The van der Waals surface area contributed by atoms with E-state index in [0.29, 0.717) is 63.8 Å². The Morgan fingerprint density at radius 1 is 0.727 bits per heavy atom. The van der Waals surface area contributed by atoms with E-state index in [1.807, 2.05) is 0 Å². The minimum absolute atomic E-state index is 0. The van der Waals surface area contributed by atoms with E-state index in [4.69, 9.17) is 18.9 Å². The minimum atomic E-state index is -1.14. The fourth-order valence-corrected chi connectivity index (χ4v) is 6.58. The number of fused-ring (bicyclic) bond motifs is 2. The Kier molecular flexibility index (Phi) is 9.03. The van der Waals surface area contributed by atoms with Crippen molar-refractivity contribution in [2.75, 3.05) is 13.1 Å². The first-order valence-electron chi connectivity index (χ1n) is 17.6. The smallest absolute Gasteiger partial charge is 0.371 e. The summed E-state index contributed by atoms with van der Waals surface area (Å²) in [5.74, 6) is -1.47. The van der Waals surface area contributed by atoms with Gasteiger partial charge in [0.2, 0.25) is 11.7 Å². The first-order valence-corrected chi connectivity index (χ1v) is 17.6. The zero-order valence-corrected chi connectivity index (χ0v) is 30.7. The lowest BCUT2D eigenvalue weighted by atomic mass is 9.98. The molecule has 6 aromatic rings. The van der Waals surface area contributed by atoms with Crippen LogP contribution in [0.15, 0.2) is 69.5 Å². The molecular formula is C40H39F2N7O6. The van der Waals surface area contributed by atoms with Crippen molar-refractivity contribution in [1.29, 1.82) is 0 Å². The molecule has 4 aromatic heterocycles. The summed E-state index contributed by atoms with van der Waals surface area (Å²) in [4.78, 5) is 56.5. The number of halogens is 2. The number of amides is 2. The molecule has 5 heterocycles. The molecule has 5 N–H and O–H groups in total. The second-order valence-corrected chi connectivity index (χ2v) is 15.2. The highest BCUT2D eigenvalue weighted by Gasteiger charge is 2.46. The molecule has 9 rings (SSSR count). The topological polar surface area (TPSA) is 200 Å². The van der Waals surface area contributed by atoms with Gasteiger partial charge in [0.1, 0.15) is 28.2 Å². The van der Waals surface area contributed by atoms with Crippen molar-refractivity contribution in [2.24, 2.45) is 0 Å². The van der Waals surface area contributed by atoms with E-state index < -0.39 is 11.5 Å². The molecule has 2 aliphatic carbocycles. The molecule has 3 fully saturated rings. The average molecular weight is 752 g/mol. The summed E-state index contributed by atoms with van der Waals surface area (Å²) in [5, 5.41) is 11.9. The van der Waals surface area contributed by atoms with E-state index >= 15 is 0 Å². The zero-order valence-electron chi connectivity index (χ0n) is 30.7. The van der Waals surface area contributed by atoms with Gasteiger partial charge in [-0.05, 0) is 88.1 Å². The van der Waals surface area contributed by atoms with Crippen LogP contribution >= 0.6 is 0 Å². The van der Waals surface area contributed by atoms with Crippen LogP contribution in [0.1, 0.15) is 85.9 Å². The number of hydrogen-bond acceptors (Lipinski definition) is 10. The van der Waals surface area contributed by atoms with Gasteiger partial charge in [-0.15, -0.1) is 0 Å². The highest BCUT2D eigenvalue weighted by atomic mass is 19.1. The number of furan rings is 2. The lowest BCUT2D eigenvalue weighted by Crippen LogP contribution is -2.63. The summed E-state index contributed by atoms with van der Waals surface area (Å²) in [6.45, 7) is 8.38. The third-order valence-corrected chi connectivity index (χ3v) is 10.6. The number of carboxylic acid groups (broad SMARTS) is 1. The number of nitrogens with one attached hydrogen (secondary N) is 1. The lowest BCUT2D eigenvalue weighted by Gasteiger charge is -2.40. The minimum Gasteiger partial charge on any atom is -0.475 e. The molecule has 15 heteroatoms. The number of carbonyl (C=O) groups is 3. The Balaban J connectivity index is 0.000000173. The van der Waals surface area contributed by atoms with Gasteiger partial charge >= 0.3 is 5.97 Å². The van der Waals surface area contributed by atoms with Gasteiger partial charge in [-0.1, -0.05) is 13.8 Å². The molecular weight excluding hydrogens is 712 g/mol. The van der Waals surface area contributed by atoms with Crippen LogP contribution in [0.3, 0.4) is 0 Å². The monoisotopic (exact) mass is 751 g/mol. The molecule has 2 aromatic carbocycles. The third-order valence-electron chi connectivity index (χ3n) is 10.6. The van der Waals surface area contributed by atoms with Crippen LogP contribution in [0.5, 0.6) is 0 Å². The van der Waals surface area contributed by atoms with Crippen molar-refractivity contribution in [1.82, 2.24) is 36.3 Å². The molecule has 1 aliphatic heterocycles. The molecule has 0 spiro atoms.